The van der Waals surface area contributed by atoms with Gasteiger partial charge in [0.2, 0.25) is 5.82 Å². The summed E-state index contributed by atoms with van der Waals surface area (Å²) < 4.78 is 11.2. The lowest BCUT2D eigenvalue weighted by atomic mass is 9.99. The van der Waals surface area contributed by atoms with Crippen LogP contribution in [0.2, 0.25) is 0 Å². The number of hydrogen-bond acceptors (Lipinski definition) is 4. The van der Waals surface area contributed by atoms with E-state index in [1.807, 2.05) is 38.1 Å². The summed E-state index contributed by atoms with van der Waals surface area (Å²) in [6.45, 7) is 6.30. The number of hydrogen-bond donors (Lipinski definition) is 0. The summed E-state index contributed by atoms with van der Waals surface area (Å²) in [6, 6.07) is 14.2. The second-order valence-electron chi connectivity index (χ2n) is 6.93. The molecule has 4 rings (SSSR count). The van der Waals surface area contributed by atoms with Gasteiger partial charge >= 0.3 is 0 Å². The molecule has 0 fully saturated rings. The Morgan fingerprint density at radius 1 is 1.12 bits per heavy atom. The Morgan fingerprint density at radius 2 is 1.92 bits per heavy atom. The number of aromatic nitrogens is 2. The van der Waals surface area contributed by atoms with Crippen LogP contribution in [0.4, 0.5) is 0 Å². The lowest BCUT2D eigenvalue weighted by Crippen LogP contribution is -2.05. The summed E-state index contributed by atoms with van der Waals surface area (Å²) >= 11 is 0. The second-order valence-corrected chi connectivity index (χ2v) is 6.93. The van der Waals surface area contributed by atoms with E-state index < -0.39 is 0 Å². The monoisotopic (exact) mass is 334 g/mol. The number of fused-ring (bicyclic) bond motifs is 1. The number of rotatable bonds is 4. The molecule has 1 aromatic heterocycles. The van der Waals surface area contributed by atoms with Gasteiger partial charge in [-0.1, -0.05) is 30.3 Å². The Labute approximate surface area is 147 Å². The fourth-order valence-corrected chi connectivity index (χ4v) is 3.47. The standard InChI is InChI=1S/C21H22N2O2/c1-13(2)24-16-10-8-15(9-11-16)21-22-20(23-25-21)19-6-4-5-17-14(3)7-12-18(17)19/h4-6,8-11,13-14H,7,12H2,1-3H3/t14-/m0/s1. The highest BCUT2D eigenvalue weighted by atomic mass is 16.5. The molecule has 0 unspecified atom stereocenters. The molecule has 0 spiro atoms. The molecule has 4 nitrogen and oxygen atoms in total. The first-order valence-corrected chi connectivity index (χ1v) is 8.85. The van der Waals surface area contributed by atoms with E-state index in [2.05, 4.69) is 35.3 Å². The van der Waals surface area contributed by atoms with Gasteiger partial charge in [-0.2, -0.15) is 4.98 Å². The van der Waals surface area contributed by atoms with Crippen molar-refractivity contribution in [1.29, 1.82) is 0 Å². The van der Waals surface area contributed by atoms with Crippen molar-refractivity contribution >= 4 is 0 Å². The molecule has 2 aromatic carbocycles. The Balaban J connectivity index is 1.63. The maximum Gasteiger partial charge on any atom is 0.258 e. The van der Waals surface area contributed by atoms with Crippen molar-refractivity contribution in [3.8, 4) is 28.6 Å². The fourth-order valence-electron chi connectivity index (χ4n) is 3.47. The van der Waals surface area contributed by atoms with E-state index in [4.69, 9.17) is 9.26 Å². The minimum absolute atomic E-state index is 0.156. The van der Waals surface area contributed by atoms with Crippen LogP contribution in [0, 0.1) is 0 Å². The molecule has 1 heterocycles. The van der Waals surface area contributed by atoms with Gasteiger partial charge in [0.15, 0.2) is 0 Å². The SMILES string of the molecule is CC(C)Oc1ccc(-c2nc(-c3cccc4c3CC[C@@H]4C)no2)cc1. The van der Waals surface area contributed by atoms with E-state index in [0.717, 1.165) is 23.3 Å². The molecule has 0 aliphatic heterocycles. The third kappa shape index (κ3) is 3.04. The molecular weight excluding hydrogens is 312 g/mol. The summed E-state index contributed by atoms with van der Waals surface area (Å²) in [5.41, 5.74) is 4.77. The largest absolute Gasteiger partial charge is 0.491 e. The van der Waals surface area contributed by atoms with Gasteiger partial charge in [-0.05, 0) is 68.0 Å². The molecule has 0 bridgehead atoms. The van der Waals surface area contributed by atoms with E-state index in [-0.39, 0.29) is 6.10 Å². The highest BCUT2D eigenvalue weighted by molar-refractivity contribution is 5.66. The quantitative estimate of drug-likeness (QED) is 0.654. The average Bonchev–Trinajstić information content (AvgIpc) is 3.23. The van der Waals surface area contributed by atoms with Gasteiger partial charge < -0.3 is 9.26 Å². The third-order valence-corrected chi connectivity index (χ3v) is 4.71. The average molecular weight is 334 g/mol. The second kappa shape index (κ2) is 6.36. The molecule has 4 heteroatoms. The third-order valence-electron chi connectivity index (χ3n) is 4.71. The van der Waals surface area contributed by atoms with Crippen molar-refractivity contribution in [2.75, 3.05) is 0 Å². The topological polar surface area (TPSA) is 48.2 Å². The van der Waals surface area contributed by atoms with E-state index in [9.17, 15) is 0 Å². The molecule has 0 radical (unpaired) electrons. The Kier molecular flexibility index (Phi) is 4.04. The molecule has 1 atom stereocenters. The van der Waals surface area contributed by atoms with Crippen LogP contribution in [0.1, 0.15) is 44.2 Å². The summed E-state index contributed by atoms with van der Waals surface area (Å²) in [7, 11) is 0. The lowest BCUT2D eigenvalue weighted by Gasteiger charge is -2.09. The number of ether oxygens (including phenoxy) is 1. The van der Waals surface area contributed by atoms with Gasteiger partial charge in [-0.25, -0.2) is 0 Å². The van der Waals surface area contributed by atoms with Crippen molar-refractivity contribution in [2.45, 2.75) is 45.6 Å². The minimum Gasteiger partial charge on any atom is -0.491 e. The Hall–Kier alpha value is -2.62. The summed E-state index contributed by atoms with van der Waals surface area (Å²) in [6.07, 6.45) is 2.43. The Morgan fingerprint density at radius 3 is 2.68 bits per heavy atom. The van der Waals surface area contributed by atoms with Gasteiger partial charge in [-0.15, -0.1) is 0 Å². The maximum atomic E-state index is 5.67. The number of nitrogens with zero attached hydrogens (tertiary/aromatic N) is 2. The first-order chi connectivity index (χ1) is 12.1. The highest BCUT2D eigenvalue weighted by Crippen LogP contribution is 2.38. The van der Waals surface area contributed by atoms with Crippen LogP contribution in [0.5, 0.6) is 5.75 Å². The van der Waals surface area contributed by atoms with Gasteiger partial charge in [0.25, 0.3) is 5.89 Å². The zero-order valence-electron chi connectivity index (χ0n) is 14.8. The van der Waals surface area contributed by atoms with Gasteiger partial charge in [0, 0.05) is 11.1 Å². The van der Waals surface area contributed by atoms with Gasteiger partial charge in [0.05, 0.1) is 6.10 Å². The Bertz CT molecular complexity index is 881. The van der Waals surface area contributed by atoms with Crippen LogP contribution in [0.15, 0.2) is 47.0 Å². The number of benzene rings is 2. The molecule has 128 valence electrons. The first-order valence-electron chi connectivity index (χ1n) is 8.85. The lowest BCUT2D eigenvalue weighted by molar-refractivity contribution is 0.242. The summed E-state index contributed by atoms with van der Waals surface area (Å²) in [5, 5.41) is 4.22. The molecule has 1 aliphatic rings. The van der Waals surface area contributed by atoms with Crippen LogP contribution in [-0.2, 0) is 6.42 Å². The van der Waals surface area contributed by atoms with Crippen molar-refractivity contribution in [2.24, 2.45) is 0 Å². The fraction of sp³-hybridized carbons (Fsp3) is 0.333. The molecule has 0 saturated heterocycles. The minimum atomic E-state index is 0.156. The molecule has 1 aliphatic carbocycles. The van der Waals surface area contributed by atoms with E-state index in [1.54, 1.807) is 0 Å². The van der Waals surface area contributed by atoms with Crippen molar-refractivity contribution < 1.29 is 9.26 Å². The van der Waals surface area contributed by atoms with Crippen LogP contribution in [0.25, 0.3) is 22.8 Å². The summed E-state index contributed by atoms with van der Waals surface area (Å²) in [5.74, 6) is 2.65. The predicted octanol–water partition coefficient (Wildman–Crippen LogP) is 5.24. The van der Waals surface area contributed by atoms with Crippen LogP contribution in [-0.4, -0.2) is 16.2 Å². The molecule has 0 amide bonds. The molecule has 0 saturated carbocycles. The molecule has 3 aromatic rings. The van der Waals surface area contributed by atoms with E-state index in [0.29, 0.717) is 17.6 Å². The highest BCUT2D eigenvalue weighted by Gasteiger charge is 2.23. The zero-order chi connectivity index (χ0) is 17.4. The first kappa shape index (κ1) is 15.9. The summed E-state index contributed by atoms with van der Waals surface area (Å²) in [4.78, 5) is 4.63. The van der Waals surface area contributed by atoms with E-state index in [1.165, 1.54) is 17.5 Å². The van der Waals surface area contributed by atoms with E-state index >= 15 is 0 Å². The van der Waals surface area contributed by atoms with Crippen LogP contribution in [0.3, 0.4) is 0 Å². The normalized spacial score (nSPS) is 16.2. The van der Waals surface area contributed by atoms with Gasteiger partial charge in [-0.3, -0.25) is 0 Å². The van der Waals surface area contributed by atoms with Crippen molar-refractivity contribution in [1.82, 2.24) is 10.1 Å². The zero-order valence-corrected chi connectivity index (χ0v) is 14.8. The molecule has 25 heavy (non-hydrogen) atoms. The molecule has 0 N–H and O–H groups in total. The van der Waals surface area contributed by atoms with Crippen LogP contribution < -0.4 is 4.74 Å². The van der Waals surface area contributed by atoms with Crippen molar-refractivity contribution in [3.63, 3.8) is 0 Å². The van der Waals surface area contributed by atoms with Crippen molar-refractivity contribution in [3.05, 3.63) is 53.6 Å². The smallest absolute Gasteiger partial charge is 0.258 e. The van der Waals surface area contributed by atoms with Crippen LogP contribution >= 0.6 is 0 Å². The predicted molar refractivity (Wildman–Crippen MR) is 97.7 cm³/mol. The molecular formula is C21H22N2O2. The van der Waals surface area contributed by atoms with Gasteiger partial charge in [0.1, 0.15) is 5.75 Å². The maximum absolute atomic E-state index is 5.67.